The standard InChI is InChI=1S/C18H27F2N3O3/c1-5-23(12-15(24)22-18(2,3)4)17(25)21-11-10-13-6-8-14(9-7-13)26-16(19)20/h6-9,16H,5,10-12H2,1-4H3,(H,21,25)(H,22,24). The fraction of sp³-hybridized carbons (Fsp3) is 0.556. The molecule has 0 fully saturated rings. The Hall–Kier alpha value is -2.38. The van der Waals surface area contributed by atoms with E-state index in [2.05, 4.69) is 15.4 Å². The van der Waals surface area contributed by atoms with Crippen LogP contribution in [0.5, 0.6) is 5.75 Å². The summed E-state index contributed by atoms with van der Waals surface area (Å²) in [5.41, 5.74) is 0.521. The predicted octanol–water partition coefficient (Wildman–Crippen LogP) is 2.78. The highest BCUT2D eigenvalue weighted by Crippen LogP contribution is 2.15. The molecule has 0 aliphatic rings. The van der Waals surface area contributed by atoms with Crippen molar-refractivity contribution in [2.75, 3.05) is 19.6 Å². The molecule has 0 heterocycles. The van der Waals surface area contributed by atoms with E-state index < -0.39 is 6.61 Å². The molecule has 0 aliphatic heterocycles. The molecule has 0 bridgehead atoms. The third kappa shape index (κ3) is 8.64. The van der Waals surface area contributed by atoms with E-state index in [-0.39, 0.29) is 29.8 Å². The van der Waals surface area contributed by atoms with E-state index in [0.717, 1.165) is 5.56 Å². The highest BCUT2D eigenvalue weighted by molar-refractivity contribution is 5.84. The maximum Gasteiger partial charge on any atom is 0.387 e. The van der Waals surface area contributed by atoms with Crippen molar-refractivity contribution in [1.29, 1.82) is 0 Å². The fourth-order valence-corrected chi connectivity index (χ4v) is 2.22. The lowest BCUT2D eigenvalue weighted by molar-refractivity contribution is -0.123. The Balaban J connectivity index is 2.42. The first-order valence-electron chi connectivity index (χ1n) is 8.48. The van der Waals surface area contributed by atoms with Crippen LogP contribution in [0.3, 0.4) is 0 Å². The van der Waals surface area contributed by atoms with Gasteiger partial charge in [-0.2, -0.15) is 8.78 Å². The van der Waals surface area contributed by atoms with E-state index in [0.29, 0.717) is 19.5 Å². The van der Waals surface area contributed by atoms with E-state index in [9.17, 15) is 18.4 Å². The zero-order valence-corrected chi connectivity index (χ0v) is 15.6. The summed E-state index contributed by atoms with van der Waals surface area (Å²) < 4.78 is 28.5. The number of nitrogens with one attached hydrogen (secondary N) is 2. The lowest BCUT2D eigenvalue weighted by atomic mass is 10.1. The molecular weight excluding hydrogens is 344 g/mol. The molecule has 0 aliphatic carbocycles. The molecule has 1 rings (SSSR count). The number of alkyl halides is 2. The van der Waals surface area contributed by atoms with Crippen LogP contribution in [0.15, 0.2) is 24.3 Å². The van der Waals surface area contributed by atoms with Crippen molar-refractivity contribution in [3.63, 3.8) is 0 Å². The second-order valence-electron chi connectivity index (χ2n) is 6.82. The van der Waals surface area contributed by atoms with Gasteiger partial charge in [0.1, 0.15) is 12.3 Å². The van der Waals surface area contributed by atoms with Crippen LogP contribution < -0.4 is 15.4 Å². The fourth-order valence-electron chi connectivity index (χ4n) is 2.22. The zero-order valence-electron chi connectivity index (χ0n) is 15.6. The Bertz CT molecular complexity index is 586. The van der Waals surface area contributed by atoms with Crippen LogP contribution in [-0.2, 0) is 11.2 Å². The van der Waals surface area contributed by atoms with E-state index in [1.54, 1.807) is 19.1 Å². The average Bonchev–Trinajstić information content (AvgIpc) is 2.52. The molecule has 0 saturated heterocycles. The summed E-state index contributed by atoms with van der Waals surface area (Å²) in [6.07, 6.45) is 0.534. The Morgan fingerprint density at radius 1 is 1.19 bits per heavy atom. The van der Waals surface area contributed by atoms with E-state index >= 15 is 0 Å². The third-order valence-electron chi connectivity index (χ3n) is 3.36. The lowest BCUT2D eigenvalue weighted by Crippen LogP contribution is -2.49. The number of nitrogens with zero attached hydrogens (tertiary/aromatic N) is 1. The van der Waals surface area contributed by atoms with Crippen molar-refractivity contribution in [1.82, 2.24) is 15.5 Å². The number of hydrogen-bond donors (Lipinski definition) is 2. The Morgan fingerprint density at radius 3 is 2.31 bits per heavy atom. The number of urea groups is 1. The zero-order chi connectivity index (χ0) is 19.7. The van der Waals surface area contributed by atoms with Gasteiger partial charge in [0.15, 0.2) is 0 Å². The highest BCUT2D eigenvalue weighted by atomic mass is 19.3. The Kier molecular flexibility index (Phi) is 8.28. The molecule has 0 spiro atoms. The number of halogens is 2. The lowest BCUT2D eigenvalue weighted by Gasteiger charge is -2.25. The van der Waals surface area contributed by atoms with Gasteiger partial charge in [-0.1, -0.05) is 12.1 Å². The number of benzene rings is 1. The minimum atomic E-state index is -2.85. The number of carbonyl (C=O) groups is 2. The van der Waals surface area contributed by atoms with Crippen molar-refractivity contribution in [3.05, 3.63) is 29.8 Å². The normalized spacial score (nSPS) is 11.2. The van der Waals surface area contributed by atoms with Crippen LogP contribution >= 0.6 is 0 Å². The summed E-state index contributed by atoms with van der Waals surface area (Å²) in [5.74, 6) is -0.126. The molecule has 1 aromatic carbocycles. The van der Waals surface area contributed by atoms with Gasteiger partial charge in [-0.3, -0.25) is 4.79 Å². The van der Waals surface area contributed by atoms with Crippen molar-refractivity contribution in [2.45, 2.75) is 46.3 Å². The van der Waals surface area contributed by atoms with E-state index in [1.807, 2.05) is 20.8 Å². The molecule has 1 aromatic rings. The van der Waals surface area contributed by atoms with Gasteiger partial charge >= 0.3 is 12.6 Å². The quantitative estimate of drug-likeness (QED) is 0.738. The molecule has 0 radical (unpaired) electrons. The van der Waals surface area contributed by atoms with Gasteiger partial charge in [-0.15, -0.1) is 0 Å². The summed E-state index contributed by atoms with van der Waals surface area (Å²) in [4.78, 5) is 25.5. The molecule has 26 heavy (non-hydrogen) atoms. The SMILES string of the molecule is CCN(CC(=O)NC(C)(C)C)C(=O)NCCc1ccc(OC(F)F)cc1. The molecule has 8 heteroatoms. The Labute approximate surface area is 152 Å². The maximum atomic E-state index is 12.2. The molecule has 146 valence electrons. The number of amides is 3. The maximum absolute atomic E-state index is 12.2. The summed E-state index contributed by atoms with van der Waals surface area (Å²) in [5, 5.41) is 5.57. The van der Waals surface area contributed by atoms with Crippen LogP contribution in [0, 0.1) is 0 Å². The first-order chi connectivity index (χ1) is 12.1. The molecule has 2 N–H and O–H groups in total. The number of hydrogen-bond acceptors (Lipinski definition) is 3. The van der Waals surface area contributed by atoms with Gasteiger partial charge in [0.05, 0.1) is 0 Å². The van der Waals surface area contributed by atoms with Crippen molar-refractivity contribution < 1.29 is 23.1 Å². The highest BCUT2D eigenvalue weighted by Gasteiger charge is 2.19. The number of likely N-dealkylation sites (N-methyl/N-ethyl adjacent to an activating group) is 1. The van der Waals surface area contributed by atoms with Crippen LogP contribution in [0.2, 0.25) is 0 Å². The van der Waals surface area contributed by atoms with Crippen molar-refractivity contribution in [2.24, 2.45) is 0 Å². The summed E-state index contributed by atoms with van der Waals surface area (Å²) in [6, 6.07) is 5.92. The molecule has 6 nitrogen and oxygen atoms in total. The second-order valence-corrected chi connectivity index (χ2v) is 6.82. The molecule has 3 amide bonds. The van der Waals surface area contributed by atoms with E-state index in [1.165, 1.54) is 17.0 Å². The Morgan fingerprint density at radius 2 is 1.81 bits per heavy atom. The van der Waals surface area contributed by atoms with Gasteiger partial charge in [-0.25, -0.2) is 4.79 Å². The monoisotopic (exact) mass is 371 g/mol. The number of carbonyl (C=O) groups excluding carboxylic acids is 2. The van der Waals surface area contributed by atoms with Gasteiger partial charge in [0.25, 0.3) is 0 Å². The number of rotatable bonds is 8. The second kappa shape index (κ2) is 9.94. The molecular formula is C18H27F2N3O3. The largest absolute Gasteiger partial charge is 0.435 e. The van der Waals surface area contributed by atoms with Gasteiger partial charge in [0, 0.05) is 18.6 Å². The van der Waals surface area contributed by atoms with Gasteiger partial charge < -0.3 is 20.3 Å². The molecule has 0 unspecified atom stereocenters. The van der Waals surface area contributed by atoms with Crippen molar-refractivity contribution >= 4 is 11.9 Å². The smallest absolute Gasteiger partial charge is 0.387 e. The number of ether oxygens (including phenoxy) is 1. The summed E-state index contributed by atoms with van der Waals surface area (Å²) in [7, 11) is 0. The van der Waals surface area contributed by atoms with Crippen LogP contribution in [0.25, 0.3) is 0 Å². The van der Waals surface area contributed by atoms with Crippen LogP contribution in [0.1, 0.15) is 33.3 Å². The predicted molar refractivity (Wildman–Crippen MR) is 95.3 cm³/mol. The van der Waals surface area contributed by atoms with Crippen LogP contribution in [-0.4, -0.2) is 48.6 Å². The van der Waals surface area contributed by atoms with Gasteiger partial charge in [-0.05, 0) is 51.8 Å². The average molecular weight is 371 g/mol. The van der Waals surface area contributed by atoms with Gasteiger partial charge in [0.2, 0.25) is 5.91 Å². The molecule has 0 aromatic heterocycles. The molecule has 0 atom stereocenters. The van der Waals surface area contributed by atoms with E-state index in [4.69, 9.17) is 0 Å². The summed E-state index contributed by atoms with van der Waals surface area (Å²) in [6.45, 7) is 5.33. The molecule has 0 saturated carbocycles. The van der Waals surface area contributed by atoms with Crippen molar-refractivity contribution in [3.8, 4) is 5.75 Å². The minimum absolute atomic E-state index is 0.0146. The van der Waals surface area contributed by atoms with Crippen LogP contribution in [0.4, 0.5) is 13.6 Å². The topological polar surface area (TPSA) is 70.7 Å². The first-order valence-corrected chi connectivity index (χ1v) is 8.48. The summed E-state index contributed by atoms with van der Waals surface area (Å²) >= 11 is 0. The third-order valence-corrected chi connectivity index (χ3v) is 3.36. The first kappa shape index (κ1) is 21.7. The minimum Gasteiger partial charge on any atom is -0.435 e.